The van der Waals surface area contributed by atoms with Gasteiger partial charge in [0.1, 0.15) is 18.0 Å². The van der Waals surface area contributed by atoms with Crippen molar-refractivity contribution >= 4 is 23.5 Å². The summed E-state index contributed by atoms with van der Waals surface area (Å²) in [5, 5.41) is 31.2. The van der Waals surface area contributed by atoms with Crippen molar-refractivity contribution < 1.29 is 5.11 Å². The molecule has 3 N–H and O–H groups in total. The Morgan fingerprint density at radius 1 is 1.12 bits per heavy atom. The minimum absolute atomic E-state index is 0.233. The molecule has 3 saturated carbocycles. The number of hydrogen-bond acceptors (Lipinski definition) is 7. The first-order chi connectivity index (χ1) is 15.3. The molecule has 0 radical (unpaired) electrons. The predicted octanol–water partition coefficient (Wildman–Crippen LogP) is 3.90. The van der Waals surface area contributed by atoms with Crippen LogP contribution in [-0.4, -0.2) is 40.0 Å². The average molecular weight is 429 g/mol. The van der Waals surface area contributed by atoms with Crippen molar-refractivity contribution in [2.75, 3.05) is 23.3 Å². The summed E-state index contributed by atoms with van der Waals surface area (Å²) in [5.41, 5.74) is 2.33. The van der Waals surface area contributed by atoms with Gasteiger partial charge in [-0.25, -0.2) is 9.97 Å². The summed E-state index contributed by atoms with van der Waals surface area (Å²) in [6.45, 7) is 3.73. The van der Waals surface area contributed by atoms with E-state index in [0.29, 0.717) is 11.2 Å². The zero-order valence-electron chi connectivity index (χ0n) is 18.4. The van der Waals surface area contributed by atoms with Crippen LogP contribution in [0.1, 0.15) is 56.6 Å². The number of rotatable bonds is 5. The molecule has 6 rings (SSSR count). The summed E-state index contributed by atoms with van der Waals surface area (Å²) >= 11 is 0. The number of aromatic nitrogens is 2. The van der Waals surface area contributed by atoms with Crippen molar-refractivity contribution in [2.24, 2.45) is 10.8 Å². The Hall–Kier alpha value is -2.98. The van der Waals surface area contributed by atoms with Gasteiger partial charge in [-0.15, -0.1) is 0 Å². The quantitative estimate of drug-likeness (QED) is 0.623. The largest absolute Gasteiger partial charge is 0.390 e. The lowest BCUT2D eigenvalue weighted by Crippen LogP contribution is -2.67. The second-order valence-corrected chi connectivity index (χ2v) is 11.1. The highest BCUT2D eigenvalue weighted by Gasteiger charge is 2.62. The van der Waals surface area contributed by atoms with Crippen LogP contribution in [-0.2, 0) is 5.41 Å². The molecule has 7 nitrogen and oxygen atoms in total. The molecule has 4 fully saturated rings. The molecule has 1 aromatic carbocycles. The van der Waals surface area contributed by atoms with E-state index < -0.39 is 11.0 Å². The number of benzene rings is 1. The molecule has 32 heavy (non-hydrogen) atoms. The van der Waals surface area contributed by atoms with Gasteiger partial charge in [0, 0.05) is 42.0 Å². The Labute approximate surface area is 188 Å². The van der Waals surface area contributed by atoms with E-state index in [1.54, 1.807) is 6.33 Å². The maximum atomic E-state index is 10.1. The number of nitriles is 1. The Morgan fingerprint density at radius 2 is 1.88 bits per heavy atom. The van der Waals surface area contributed by atoms with Gasteiger partial charge in [-0.2, -0.15) is 5.26 Å². The maximum Gasteiger partial charge on any atom is 0.135 e. The molecule has 1 saturated heterocycles. The molecular weight excluding hydrogens is 400 g/mol. The molecule has 2 heterocycles. The van der Waals surface area contributed by atoms with Gasteiger partial charge in [-0.3, -0.25) is 0 Å². The molecule has 1 aliphatic heterocycles. The van der Waals surface area contributed by atoms with E-state index in [1.807, 2.05) is 31.2 Å². The third kappa shape index (κ3) is 3.01. The van der Waals surface area contributed by atoms with Gasteiger partial charge in [0.05, 0.1) is 17.1 Å². The van der Waals surface area contributed by atoms with Crippen molar-refractivity contribution in [3.63, 3.8) is 0 Å². The summed E-state index contributed by atoms with van der Waals surface area (Å²) < 4.78 is 0. The summed E-state index contributed by atoms with van der Waals surface area (Å²) in [4.78, 5) is 11.1. The van der Waals surface area contributed by atoms with Crippen LogP contribution in [0, 0.1) is 27.6 Å². The molecule has 7 heteroatoms. The topological polar surface area (TPSA) is 109 Å². The third-order valence-corrected chi connectivity index (χ3v) is 8.09. The van der Waals surface area contributed by atoms with E-state index in [2.05, 4.69) is 26.3 Å². The van der Waals surface area contributed by atoms with E-state index in [1.165, 1.54) is 19.1 Å². The molecule has 1 aromatic heterocycles. The summed E-state index contributed by atoms with van der Waals surface area (Å²) in [7, 11) is 0. The molecule has 3 aliphatic carbocycles. The van der Waals surface area contributed by atoms with Crippen LogP contribution < -0.4 is 10.2 Å². The highest BCUT2D eigenvalue weighted by atomic mass is 16.3. The lowest BCUT2D eigenvalue weighted by Gasteiger charge is -2.61. The van der Waals surface area contributed by atoms with Crippen molar-refractivity contribution in [3.05, 3.63) is 41.7 Å². The van der Waals surface area contributed by atoms with Gasteiger partial charge < -0.3 is 20.7 Å². The lowest BCUT2D eigenvalue weighted by atomic mass is 9.56. The molecule has 2 aromatic rings. The highest BCUT2D eigenvalue weighted by Crippen LogP contribution is 2.68. The van der Waals surface area contributed by atoms with Crippen LogP contribution >= 0.6 is 0 Å². The summed E-state index contributed by atoms with van der Waals surface area (Å²) in [6, 6.07) is 10.5. The smallest absolute Gasteiger partial charge is 0.135 e. The van der Waals surface area contributed by atoms with Gasteiger partial charge in [-0.05, 0) is 62.5 Å². The van der Waals surface area contributed by atoms with Crippen molar-refractivity contribution in [1.82, 2.24) is 9.97 Å². The standard InChI is InChI=1S/C25H28N6O/c1-22(32)9-24(10-22)14-31(15-24)21-7-20(28-16-29-21)30-19-6-18(3-2-17(19)8-26)25(13-27)11-23(12-25)4-5-23/h2-3,6-8,16,26,32H,4-5,9-12,14-15H2,1H3,(H,28,29,30). The summed E-state index contributed by atoms with van der Waals surface area (Å²) in [5.74, 6) is 1.55. The highest BCUT2D eigenvalue weighted by molar-refractivity contribution is 5.87. The van der Waals surface area contributed by atoms with Gasteiger partial charge in [0.2, 0.25) is 0 Å². The van der Waals surface area contributed by atoms with E-state index in [0.717, 1.165) is 61.4 Å². The van der Waals surface area contributed by atoms with Gasteiger partial charge in [-0.1, -0.05) is 12.1 Å². The van der Waals surface area contributed by atoms with Gasteiger partial charge in [0.15, 0.2) is 0 Å². The van der Waals surface area contributed by atoms with Gasteiger partial charge >= 0.3 is 0 Å². The number of nitrogens with zero attached hydrogens (tertiary/aromatic N) is 4. The fourth-order valence-electron chi connectivity index (χ4n) is 6.63. The van der Waals surface area contributed by atoms with E-state index >= 15 is 0 Å². The maximum absolute atomic E-state index is 10.1. The molecular formula is C25H28N6O. The SMILES string of the molecule is CC1(O)CC2(CN(c3cc(Nc4cc(C5(C#N)CC6(CC6)C5)ccc4C=N)ncn3)C2)C1. The number of nitrogens with one attached hydrogen (secondary N) is 2. The fourth-order valence-corrected chi connectivity index (χ4v) is 6.63. The molecule has 0 atom stereocenters. The Morgan fingerprint density at radius 3 is 2.50 bits per heavy atom. The molecule has 164 valence electrons. The van der Waals surface area contributed by atoms with E-state index in [-0.39, 0.29) is 5.41 Å². The van der Waals surface area contributed by atoms with Crippen LogP contribution in [0.5, 0.6) is 0 Å². The predicted molar refractivity (Wildman–Crippen MR) is 122 cm³/mol. The average Bonchev–Trinajstić information content (AvgIpc) is 3.49. The fraction of sp³-hybridized carbons (Fsp3) is 0.520. The first-order valence-corrected chi connectivity index (χ1v) is 11.4. The van der Waals surface area contributed by atoms with Crippen molar-refractivity contribution in [1.29, 1.82) is 10.7 Å². The molecule has 0 amide bonds. The monoisotopic (exact) mass is 428 g/mol. The first kappa shape index (κ1) is 19.7. The van der Waals surface area contributed by atoms with Crippen molar-refractivity contribution in [3.8, 4) is 6.07 Å². The minimum atomic E-state index is -0.515. The van der Waals surface area contributed by atoms with Crippen LogP contribution in [0.2, 0.25) is 0 Å². The lowest BCUT2D eigenvalue weighted by molar-refractivity contribution is -0.126. The van der Waals surface area contributed by atoms with Crippen LogP contribution in [0.4, 0.5) is 17.3 Å². The normalized spacial score (nSPS) is 27.6. The second-order valence-electron chi connectivity index (χ2n) is 11.1. The van der Waals surface area contributed by atoms with Crippen molar-refractivity contribution in [2.45, 2.75) is 56.5 Å². The Kier molecular flexibility index (Phi) is 3.87. The zero-order valence-corrected chi connectivity index (χ0v) is 18.4. The van der Waals surface area contributed by atoms with Crippen LogP contribution in [0.15, 0.2) is 30.6 Å². The van der Waals surface area contributed by atoms with Crippen LogP contribution in [0.25, 0.3) is 0 Å². The molecule has 0 unspecified atom stereocenters. The van der Waals surface area contributed by atoms with Gasteiger partial charge in [0.25, 0.3) is 0 Å². The molecule has 0 bridgehead atoms. The third-order valence-electron chi connectivity index (χ3n) is 8.09. The Balaban J connectivity index is 1.21. The minimum Gasteiger partial charge on any atom is -0.390 e. The van der Waals surface area contributed by atoms with E-state index in [4.69, 9.17) is 5.41 Å². The van der Waals surface area contributed by atoms with E-state index in [9.17, 15) is 10.4 Å². The number of anilines is 3. The summed E-state index contributed by atoms with van der Waals surface area (Å²) in [6.07, 6.45) is 8.99. The molecule has 4 aliphatic rings. The zero-order chi connectivity index (χ0) is 22.2. The van der Waals surface area contributed by atoms with Crippen LogP contribution in [0.3, 0.4) is 0 Å². The Bertz CT molecular complexity index is 1140. The number of hydrogen-bond donors (Lipinski definition) is 3. The molecule has 2 spiro atoms. The second kappa shape index (κ2) is 6.29. The number of aliphatic hydroxyl groups is 1. The first-order valence-electron chi connectivity index (χ1n) is 11.4.